The average molecular weight is 221 g/mol. The molecule has 0 aliphatic heterocycles. The van der Waals surface area contributed by atoms with Crippen molar-refractivity contribution < 1.29 is 17.7 Å². The highest BCUT2D eigenvalue weighted by atomic mass is 19.4. The van der Waals surface area contributed by atoms with Gasteiger partial charge in [-0.25, -0.2) is 9.13 Å². The monoisotopic (exact) mass is 221 g/mol. The van der Waals surface area contributed by atoms with Gasteiger partial charge in [-0.05, 0) is 6.92 Å². The summed E-state index contributed by atoms with van der Waals surface area (Å²) in [5, 5.41) is 0. The molecular formula is C10H16F3N2+. The van der Waals surface area contributed by atoms with Gasteiger partial charge in [-0.15, -0.1) is 0 Å². The Balaban J connectivity index is 3.09. The lowest BCUT2D eigenvalue weighted by molar-refractivity contribution is -0.701. The van der Waals surface area contributed by atoms with Gasteiger partial charge < -0.3 is 0 Å². The maximum atomic E-state index is 12.3. The first-order valence-corrected chi connectivity index (χ1v) is 5.02. The van der Waals surface area contributed by atoms with E-state index in [9.17, 15) is 13.2 Å². The minimum Gasteiger partial charge on any atom is -0.234 e. The molecule has 5 heteroatoms. The maximum Gasteiger partial charge on any atom is 0.400 e. The van der Waals surface area contributed by atoms with E-state index in [2.05, 4.69) is 0 Å². The summed E-state index contributed by atoms with van der Waals surface area (Å²) in [6.07, 6.45) is -2.47. The molecule has 0 saturated carbocycles. The van der Waals surface area contributed by atoms with Crippen LogP contribution in [-0.2, 0) is 26.4 Å². The number of aryl methyl sites for hydroxylation is 2. The fourth-order valence-corrected chi connectivity index (χ4v) is 1.70. The molecule has 1 aromatic rings. The van der Waals surface area contributed by atoms with Crippen LogP contribution in [0.1, 0.15) is 25.4 Å². The maximum absolute atomic E-state index is 12.3. The molecule has 0 aromatic carbocycles. The standard InChI is InChI=1S/C10H16F3N2/c1-4-8-7-15(5-2)9(14(8)3)6-10(11,12)13/h7H,4-6H2,1-3H3/q+1. The van der Waals surface area contributed by atoms with Crippen molar-refractivity contribution in [2.45, 2.75) is 39.4 Å². The molecule has 0 fully saturated rings. The first-order chi connectivity index (χ1) is 6.89. The largest absolute Gasteiger partial charge is 0.400 e. The molecule has 2 nitrogen and oxygen atoms in total. The highest BCUT2D eigenvalue weighted by Gasteiger charge is 2.35. The number of rotatable bonds is 3. The topological polar surface area (TPSA) is 8.81 Å². The van der Waals surface area contributed by atoms with Crippen molar-refractivity contribution in [3.63, 3.8) is 0 Å². The lowest BCUT2D eigenvalue weighted by atomic mass is 10.3. The summed E-state index contributed by atoms with van der Waals surface area (Å²) < 4.78 is 40.3. The van der Waals surface area contributed by atoms with Gasteiger partial charge in [0.05, 0.1) is 13.6 Å². The van der Waals surface area contributed by atoms with Gasteiger partial charge in [-0.3, -0.25) is 0 Å². The van der Waals surface area contributed by atoms with Crippen molar-refractivity contribution in [2.24, 2.45) is 7.05 Å². The zero-order valence-corrected chi connectivity index (χ0v) is 9.23. The number of aromatic nitrogens is 2. The van der Waals surface area contributed by atoms with Crippen molar-refractivity contribution >= 4 is 0 Å². The van der Waals surface area contributed by atoms with Crippen molar-refractivity contribution in [3.05, 3.63) is 17.7 Å². The van der Waals surface area contributed by atoms with Crippen LogP contribution in [0.2, 0.25) is 0 Å². The molecule has 86 valence electrons. The Morgan fingerprint density at radius 3 is 2.33 bits per heavy atom. The lowest BCUT2D eigenvalue weighted by Gasteiger charge is -2.04. The van der Waals surface area contributed by atoms with Crippen LogP contribution in [0.15, 0.2) is 6.20 Å². The number of imidazole rings is 1. The van der Waals surface area contributed by atoms with E-state index in [0.29, 0.717) is 12.4 Å². The molecule has 0 amide bonds. The summed E-state index contributed by atoms with van der Waals surface area (Å²) in [5.74, 6) is 0.321. The highest BCUT2D eigenvalue weighted by molar-refractivity contribution is 4.99. The van der Waals surface area contributed by atoms with Crippen LogP contribution in [-0.4, -0.2) is 10.7 Å². The SMILES string of the molecule is CCc1c[n+](CC)c(CC(F)(F)F)n1C. The molecule has 15 heavy (non-hydrogen) atoms. The second-order valence-electron chi connectivity index (χ2n) is 3.53. The number of alkyl halides is 3. The molecule has 1 aromatic heterocycles. The molecule has 0 atom stereocenters. The van der Waals surface area contributed by atoms with Gasteiger partial charge >= 0.3 is 6.18 Å². The smallest absolute Gasteiger partial charge is 0.234 e. The van der Waals surface area contributed by atoms with Crippen LogP contribution < -0.4 is 4.57 Å². The van der Waals surface area contributed by atoms with Gasteiger partial charge in [0.25, 0.3) is 5.82 Å². The normalized spacial score (nSPS) is 12.1. The van der Waals surface area contributed by atoms with E-state index in [1.807, 2.05) is 13.8 Å². The van der Waals surface area contributed by atoms with Crippen LogP contribution in [0.5, 0.6) is 0 Å². The Labute approximate surface area is 87.3 Å². The molecule has 0 aliphatic carbocycles. The molecule has 0 saturated heterocycles. The van der Waals surface area contributed by atoms with Crippen molar-refractivity contribution in [2.75, 3.05) is 0 Å². The summed E-state index contributed by atoms with van der Waals surface area (Å²) in [6, 6.07) is 0. The van der Waals surface area contributed by atoms with Gasteiger partial charge in [-0.1, -0.05) is 6.92 Å². The molecule has 0 unspecified atom stereocenters. The molecule has 1 heterocycles. The third-order valence-electron chi connectivity index (χ3n) is 2.52. The summed E-state index contributed by atoms with van der Waals surface area (Å²) in [6.45, 7) is 4.35. The molecule has 0 N–H and O–H groups in total. The minimum absolute atomic E-state index is 0.321. The van der Waals surface area contributed by atoms with E-state index >= 15 is 0 Å². The molecular weight excluding hydrogens is 205 g/mol. The Bertz CT molecular complexity index is 339. The van der Waals surface area contributed by atoms with Crippen LogP contribution in [0.25, 0.3) is 0 Å². The Hall–Kier alpha value is -1.00. The van der Waals surface area contributed by atoms with Crippen molar-refractivity contribution in [1.82, 2.24) is 4.57 Å². The van der Waals surface area contributed by atoms with E-state index in [1.165, 1.54) is 0 Å². The third-order valence-corrected chi connectivity index (χ3v) is 2.52. The second-order valence-corrected chi connectivity index (χ2v) is 3.53. The van der Waals surface area contributed by atoms with Gasteiger partial charge in [0.1, 0.15) is 18.3 Å². The zero-order chi connectivity index (χ0) is 11.6. The average Bonchev–Trinajstić information content (AvgIpc) is 2.42. The summed E-state index contributed by atoms with van der Waals surface area (Å²) in [7, 11) is 1.69. The quantitative estimate of drug-likeness (QED) is 0.690. The molecule has 0 spiro atoms. The first kappa shape index (κ1) is 12.1. The van der Waals surface area contributed by atoms with Crippen LogP contribution in [0.4, 0.5) is 13.2 Å². The van der Waals surface area contributed by atoms with Crippen molar-refractivity contribution in [3.8, 4) is 0 Å². The van der Waals surface area contributed by atoms with Crippen molar-refractivity contribution in [1.29, 1.82) is 0 Å². The first-order valence-electron chi connectivity index (χ1n) is 5.02. The third kappa shape index (κ3) is 2.73. The van der Waals surface area contributed by atoms with Crippen LogP contribution >= 0.6 is 0 Å². The number of nitrogens with zero attached hydrogens (tertiary/aromatic N) is 2. The minimum atomic E-state index is -4.14. The number of hydrogen-bond acceptors (Lipinski definition) is 0. The van der Waals surface area contributed by atoms with Gasteiger partial charge in [-0.2, -0.15) is 13.2 Å². The fraction of sp³-hybridized carbons (Fsp3) is 0.700. The predicted molar refractivity (Wildman–Crippen MR) is 50.4 cm³/mol. The number of halogens is 3. The molecule has 0 radical (unpaired) electrons. The van der Waals surface area contributed by atoms with Gasteiger partial charge in [0.15, 0.2) is 0 Å². The van der Waals surface area contributed by atoms with E-state index in [1.54, 1.807) is 22.4 Å². The molecule has 1 rings (SSSR count). The van der Waals surface area contributed by atoms with Gasteiger partial charge in [0, 0.05) is 6.42 Å². The van der Waals surface area contributed by atoms with E-state index < -0.39 is 12.6 Å². The second kappa shape index (κ2) is 4.24. The summed E-state index contributed by atoms with van der Waals surface area (Å²) >= 11 is 0. The van der Waals surface area contributed by atoms with E-state index in [-0.39, 0.29) is 0 Å². The van der Waals surface area contributed by atoms with Crippen LogP contribution in [0, 0.1) is 0 Å². The fourth-order valence-electron chi connectivity index (χ4n) is 1.70. The predicted octanol–water partition coefficient (Wildman–Crippen LogP) is 2.00. The van der Waals surface area contributed by atoms with Gasteiger partial charge in [0.2, 0.25) is 0 Å². The summed E-state index contributed by atoms with van der Waals surface area (Å²) in [4.78, 5) is 0. The Kier molecular flexibility index (Phi) is 3.42. The van der Waals surface area contributed by atoms with Crippen LogP contribution in [0.3, 0.4) is 0 Å². The zero-order valence-electron chi connectivity index (χ0n) is 9.23. The lowest BCUT2D eigenvalue weighted by Crippen LogP contribution is -2.38. The van der Waals surface area contributed by atoms with E-state index in [4.69, 9.17) is 0 Å². The highest BCUT2D eigenvalue weighted by Crippen LogP contribution is 2.20. The number of hydrogen-bond donors (Lipinski definition) is 0. The molecule has 0 bridgehead atoms. The Morgan fingerprint density at radius 2 is 1.93 bits per heavy atom. The Morgan fingerprint density at radius 1 is 1.33 bits per heavy atom. The molecule has 0 aliphatic rings. The van der Waals surface area contributed by atoms with E-state index in [0.717, 1.165) is 12.1 Å². The summed E-state index contributed by atoms with van der Waals surface area (Å²) in [5.41, 5.74) is 0.927.